The van der Waals surface area contributed by atoms with Crippen LogP contribution >= 0.6 is 0 Å². The number of benzene rings is 1. The minimum Gasteiger partial charge on any atom is -0.326 e. The summed E-state index contributed by atoms with van der Waals surface area (Å²) < 4.78 is 0. The third-order valence-corrected chi connectivity index (χ3v) is 3.93. The van der Waals surface area contributed by atoms with Crippen LogP contribution in [0.3, 0.4) is 0 Å². The highest BCUT2D eigenvalue weighted by Crippen LogP contribution is 2.29. The maximum atomic E-state index is 6.44. The van der Waals surface area contributed by atoms with Gasteiger partial charge in [0, 0.05) is 12.1 Å². The molecule has 0 saturated carbocycles. The molecule has 1 heterocycles. The van der Waals surface area contributed by atoms with Gasteiger partial charge in [-0.15, -0.1) is 0 Å². The van der Waals surface area contributed by atoms with E-state index in [-0.39, 0.29) is 6.04 Å². The second-order valence-corrected chi connectivity index (χ2v) is 5.55. The van der Waals surface area contributed by atoms with Crippen molar-refractivity contribution < 1.29 is 0 Å². The highest BCUT2D eigenvalue weighted by molar-refractivity contribution is 5.26. The van der Waals surface area contributed by atoms with Crippen molar-refractivity contribution >= 4 is 0 Å². The molecule has 2 rings (SSSR count). The Balaban J connectivity index is 2.28. The summed E-state index contributed by atoms with van der Waals surface area (Å²) in [6, 6.07) is 9.56. The predicted molar refractivity (Wildman–Crippen MR) is 77.6 cm³/mol. The van der Waals surface area contributed by atoms with Crippen LogP contribution in [0.15, 0.2) is 24.3 Å². The summed E-state index contributed by atoms with van der Waals surface area (Å²) in [5.41, 5.74) is 9.17. The van der Waals surface area contributed by atoms with Crippen molar-refractivity contribution in [1.29, 1.82) is 0 Å². The molecular formula is C16H26N2. The van der Waals surface area contributed by atoms with Gasteiger partial charge in [0.25, 0.3) is 0 Å². The Bertz CT molecular complexity index is 375. The standard InChI is InChI=1S/C16H26N2/c1-3-10-18-11-5-4-9-15(17)16(18)14-8-6-7-13(2)12-14/h6-8,12,15-16H,3-5,9-11,17H2,1-2H3. The smallest absolute Gasteiger partial charge is 0.0499 e. The molecule has 18 heavy (non-hydrogen) atoms. The summed E-state index contributed by atoms with van der Waals surface area (Å²) in [4.78, 5) is 2.59. The summed E-state index contributed by atoms with van der Waals surface area (Å²) in [5.74, 6) is 0. The molecule has 1 aliphatic rings. The normalized spacial score (nSPS) is 25.9. The van der Waals surface area contributed by atoms with Crippen molar-refractivity contribution in [2.24, 2.45) is 5.73 Å². The monoisotopic (exact) mass is 246 g/mol. The molecule has 2 heteroatoms. The largest absolute Gasteiger partial charge is 0.326 e. The number of nitrogens with zero attached hydrogens (tertiary/aromatic N) is 1. The van der Waals surface area contributed by atoms with Gasteiger partial charge in [0.15, 0.2) is 0 Å². The van der Waals surface area contributed by atoms with Crippen LogP contribution in [0.4, 0.5) is 0 Å². The molecule has 0 bridgehead atoms. The predicted octanol–water partition coefficient (Wildman–Crippen LogP) is 3.26. The molecule has 1 saturated heterocycles. The number of aryl methyl sites for hydroxylation is 1. The van der Waals surface area contributed by atoms with Gasteiger partial charge in [-0.3, -0.25) is 4.90 Å². The Kier molecular flexibility index (Phi) is 4.79. The number of hydrogen-bond acceptors (Lipinski definition) is 2. The van der Waals surface area contributed by atoms with E-state index in [1.807, 2.05) is 0 Å². The van der Waals surface area contributed by atoms with Gasteiger partial charge in [-0.25, -0.2) is 0 Å². The van der Waals surface area contributed by atoms with Gasteiger partial charge >= 0.3 is 0 Å². The van der Waals surface area contributed by atoms with Crippen molar-refractivity contribution in [2.75, 3.05) is 13.1 Å². The summed E-state index contributed by atoms with van der Waals surface area (Å²) in [6.07, 6.45) is 4.91. The van der Waals surface area contributed by atoms with Crippen LogP contribution in [0.5, 0.6) is 0 Å². The van der Waals surface area contributed by atoms with Crippen LogP contribution in [-0.2, 0) is 0 Å². The van der Waals surface area contributed by atoms with E-state index in [4.69, 9.17) is 5.73 Å². The lowest BCUT2D eigenvalue weighted by Gasteiger charge is -2.33. The minimum absolute atomic E-state index is 0.279. The zero-order chi connectivity index (χ0) is 13.0. The SMILES string of the molecule is CCCN1CCCCC(N)C1c1cccc(C)c1. The molecule has 0 spiro atoms. The Morgan fingerprint density at radius 1 is 1.33 bits per heavy atom. The molecule has 1 aromatic rings. The van der Waals surface area contributed by atoms with E-state index < -0.39 is 0 Å². The zero-order valence-electron chi connectivity index (χ0n) is 11.7. The molecule has 2 N–H and O–H groups in total. The second-order valence-electron chi connectivity index (χ2n) is 5.55. The molecule has 1 fully saturated rings. The fraction of sp³-hybridized carbons (Fsp3) is 0.625. The summed E-state index contributed by atoms with van der Waals surface area (Å²) in [6.45, 7) is 6.77. The molecule has 0 amide bonds. The fourth-order valence-corrected chi connectivity index (χ4v) is 3.11. The van der Waals surface area contributed by atoms with E-state index in [0.717, 1.165) is 13.0 Å². The molecule has 1 aliphatic heterocycles. The number of hydrogen-bond donors (Lipinski definition) is 1. The Morgan fingerprint density at radius 3 is 2.89 bits per heavy atom. The highest BCUT2D eigenvalue weighted by atomic mass is 15.2. The second kappa shape index (κ2) is 6.35. The lowest BCUT2D eigenvalue weighted by atomic mass is 9.95. The lowest BCUT2D eigenvalue weighted by molar-refractivity contribution is 0.186. The van der Waals surface area contributed by atoms with Crippen LogP contribution < -0.4 is 5.73 Å². The lowest BCUT2D eigenvalue weighted by Crippen LogP contribution is -2.40. The van der Waals surface area contributed by atoms with E-state index in [0.29, 0.717) is 6.04 Å². The minimum atomic E-state index is 0.279. The van der Waals surface area contributed by atoms with E-state index in [9.17, 15) is 0 Å². The van der Waals surface area contributed by atoms with E-state index in [2.05, 4.69) is 43.0 Å². The van der Waals surface area contributed by atoms with Gasteiger partial charge in [0.2, 0.25) is 0 Å². The molecule has 0 aromatic heterocycles. The Labute approximate surface area is 111 Å². The number of likely N-dealkylation sites (tertiary alicyclic amines) is 1. The van der Waals surface area contributed by atoms with E-state index in [1.165, 1.54) is 36.9 Å². The molecule has 2 unspecified atom stereocenters. The maximum Gasteiger partial charge on any atom is 0.0499 e. The Morgan fingerprint density at radius 2 is 2.17 bits per heavy atom. The van der Waals surface area contributed by atoms with Crippen LogP contribution in [0, 0.1) is 6.92 Å². The van der Waals surface area contributed by atoms with Gasteiger partial charge in [-0.2, -0.15) is 0 Å². The van der Waals surface area contributed by atoms with Crippen molar-refractivity contribution in [3.63, 3.8) is 0 Å². The summed E-state index contributed by atoms with van der Waals surface area (Å²) in [7, 11) is 0. The molecule has 0 radical (unpaired) electrons. The quantitative estimate of drug-likeness (QED) is 0.887. The van der Waals surface area contributed by atoms with Crippen molar-refractivity contribution in [2.45, 2.75) is 51.6 Å². The third-order valence-electron chi connectivity index (χ3n) is 3.93. The van der Waals surface area contributed by atoms with Gasteiger partial charge in [0.05, 0.1) is 0 Å². The van der Waals surface area contributed by atoms with Crippen molar-refractivity contribution in [1.82, 2.24) is 4.90 Å². The average molecular weight is 246 g/mol. The number of rotatable bonds is 3. The maximum absolute atomic E-state index is 6.44. The van der Waals surface area contributed by atoms with Gasteiger partial charge < -0.3 is 5.73 Å². The molecule has 0 aliphatic carbocycles. The highest BCUT2D eigenvalue weighted by Gasteiger charge is 2.28. The van der Waals surface area contributed by atoms with Crippen molar-refractivity contribution in [3.8, 4) is 0 Å². The first-order valence-corrected chi connectivity index (χ1v) is 7.28. The average Bonchev–Trinajstić information content (AvgIpc) is 2.52. The first-order chi connectivity index (χ1) is 8.72. The van der Waals surface area contributed by atoms with E-state index >= 15 is 0 Å². The van der Waals surface area contributed by atoms with Gasteiger partial charge in [0.1, 0.15) is 0 Å². The topological polar surface area (TPSA) is 29.3 Å². The third kappa shape index (κ3) is 3.12. The zero-order valence-corrected chi connectivity index (χ0v) is 11.7. The molecule has 100 valence electrons. The first-order valence-electron chi connectivity index (χ1n) is 7.28. The van der Waals surface area contributed by atoms with Crippen LogP contribution in [0.1, 0.15) is 49.8 Å². The molecule has 2 nitrogen and oxygen atoms in total. The first kappa shape index (κ1) is 13.6. The van der Waals surface area contributed by atoms with Crippen LogP contribution in [0.2, 0.25) is 0 Å². The van der Waals surface area contributed by atoms with Gasteiger partial charge in [-0.05, 0) is 44.8 Å². The van der Waals surface area contributed by atoms with Crippen LogP contribution in [0.25, 0.3) is 0 Å². The molecule has 1 aromatic carbocycles. The summed E-state index contributed by atoms with van der Waals surface area (Å²) >= 11 is 0. The summed E-state index contributed by atoms with van der Waals surface area (Å²) in [5, 5.41) is 0. The van der Waals surface area contributed by atoms with Gasteiger partial charge in [-0.1, -0.05) is 43.2 Å². The van der Waals surface area contributed by atoms with E-state index in [1.54, 1.807) is 0 Å². The fourth-order valence-electron chi connectivity index (χ4n) is 3.11. The molecular weight excluding hydrogens is 220 g/mol. The van der Waals surface area contributed by atoms with Crippen molar-refractivity contribution in [3.05, 3.63) is 35.4 Å². The van der Waals surface area contributed by atoms with Crippen LogP contribution in [-0.4, -0.2) is 24.0 Å². The molecule has 2 atom stereocenters. The Hall–Kier alpha value is -0.860. The number of nitrogens with two attached hydrogens (primary N) is 1.